The highest BCUT2D eigenvalue weighted by Gasteiger charge is 2.42. The summed E-state index contributed by atoms with van der Waals surface area (Å²) in [7, 11) is 0. The molecule has 0 radical (unpaired) electrons. The van der Waals surface area contributed by atoms with E-state index in [0.29, 0.717) is 26.4 Å². The van der Waals surface area contributed by atoms with Crippen molar-refractivity contribution < 1.29 is 14.2 Å². The largest absolute Gasteiger partial charge is 0.330 e. The zero-order valence-electron chi connectivity index (χ0n) is 18.6. The second kappa shape index (κ2) is 14.8. The zero-order chi connectivity index (χ0) is 19.9. The Morgan fingerprint density at radius 3 is 1.69 bits per heavy atom. The van der Waals surface area contributed by atoms with Gasteiger partial charge < -0.3 is 19.9 Å². The first kappa shape index (κ1) is 25.8. The Morgan fingerprint density at radius 1 is 0.731 bits per heavy atom. The van der Waals surface area contributed by atoms with Gasteiger partial charge in [0.25, 0.3) is 5.97 Å². The van der Waals surface area contributed by atoms with Crippen molar-refractivity contribution in [1.82, 2.24) is 0 Å². The van der Waals surface area contributed by atoms with Crippen LogP contribution in [0.15, 0.2) is 0 Å². The van der Waals surface area contributed by atoms with E-state index in [1.807, 2.05) is 20.8 Å². The Labute approximate surface area is 163 Å². The van der Waals surface area contributed by atoms with E-state index < -0.39 is 5.97 Å². The Kier molecular flexibility index (Phi) is 14.8. The minimum atomic E-state index is -0.910. The first-order valence-electron chi connectivity index (χ1n) is 11.0. The molecule has 0 saturated carbocycles. The average Bonchev–Trinajstić information content (AvgIpc) is 2.61. The van der Waals surface area contributed by atoms with Crippen LogP contribution in [0, 0.1) is 11.3 Å². The minimum Gasteiger partial charge on any atom is -0.330 e. The normalized spacial score (nSPS) is 14.0. The Morgan fingerprint density at radius 2 is 1.23 bits per heavy atom. The molecule has 4 nitrogen and oxygen atoms in total. The van der Waals surface area contributed by atoms with Gasteiger partial charge in [0.2, 0.25) is 0 Å². The topological polar surface area (TPSA) is 53.7 Å². The monoisotopic (exact) mass is 373 g/mol. The zero-order valence-corrected chi connectivity index (χ0v) is 18.6. The molecule has 1 atom stereocenters. The number of unbranched alkanes of at least 4 members (excludes halogenated alkanes) is 5. The molecule has 0 aliphatic carbocycles. The van der Waals surface area contributed by atoms with E-state index in [1.54, 1.807) is 0 Å². The fourth-order valence-corrected chi connectivity index (χ4v) is 3.42. The lowest BCUT2D eigenvalue weighted by atomic mass is 9.82. The molecule has 0 bridgehead atoms. The molecular weight excluding hydrogens is 326 g/mol. The first-order valence-corrected chi connectivity index (χ1v) is 11.0. The lowest BCUT2D eigenvalue weighted by Crippen LogP contribution is -2.47. The smallest absolute Gasteiger partial charge is 0.285 e. The van der Waals surface area contributed by atoms with Gasteiger partial charge >= 0.3 is 0 Å². The molecule has 158 valence electrons. The molecule has 26 heavy (non-hydrogen) atoms. The maximum absolute atomic E-state index is 6.09. The lowest BCUT2D eigenvalue weighted by Gasteiger charge is -2.40. The fraction of sp³-hybridized carbons (Fsp3) is 1.00. The van der Waals surface area contributed by atoms with Gasteiger partial charge in [-0.15, -0.1) is 0 Å². The highest BCUT2D eigenvalue weighted by Crippen LogP contribution is 2.36. The van der Waals surface area contributed by atoms with Crippen molar-refractivity contribution >= 4 is 0 Å². The van der Waals surface area contributed by atoms with Gasteiger partial charge in [-0.1, -0.05) is 59.3 Å². The Balaban J connectivity index is 5.02. The van der Waals surface area contributed by atoms with Crippen LogP contribution in [0.2, 0.25) is 0 Å². The van der Waals surface area contributed by atoms with Crippen LogP contribution in [0.3, 0.4) is 0 Å². The van der Waals surface area contributed by atoms with Crippen LogP contribution in [-0.4, -0.2) is 32.3 Å². The molecule has 0 aliphatic rings. The summed E-state index contributed by atoms with van der Waals surface area (Å²) in [6, 6.07) is 0. The molecule has 0 aliphatic heterocycles. The van der Waals surface area contributed by atoms with Crippen molar-refractivity contribution in [2.24, 2.45) is 17.1 Å². The Hall–Kier alpha value is -0.160. The number of rotatable bonds is 18. The van der Waals surface area contributed by atoms with Crippen molar-refractivity contribution in [2.75, 3.05) is 26.4 Å². The molecular formula is C22H47NO3. The van der Waals surface area contributed by atoms with E-state index in [2.05, 4.69) is 20.8 Å². The summed E-state index contributed by atoms with van der Waals surface area (Å²) in [4.78, 5) is 0. The van der Waals surface area contributed by atoms with Gasteiger partial charge in [0.05, 0.1) is 0 Å². The Bertz CT molecular complexity index is 303. The van der Waals surface area contributed by atoms with E-state index in [-0.39, 0.29) is 11.3 Å². The molecule has 0 aromatic heterocycles. The van der Waals surface area contributed by atoms with Crippen molar-refractivity contribution in [3.8, 4) is 0 Å². The summed E-state index contributed by atoms with van der Waals surface area (Å²) in [5.41, 5.74) is 6.09. The van der Waals surface area contributed by atoms with Gasteiger partial charge in [-0.05, 0) is 52.0 Å². The predicted molar refractivity (Wildman–Crippen MR) is 111 cm³/mol. The molecule has 2 N–H and O–H groups in total. The van der Waals surface area contributed by atoms with Gasteiger partial charge in [-0.25, -0.2) is 0 Å². The maximum Gasteiger partial charge on any atom is 0.285 e. The van der Waals surface area contributed by atoms with Crippen LogP contribution < -0.4 is 5.73 Å². The molecule has 4 heteroatoms. The van der Waals surface area contributed by atoms with Crippen LogP contribution >= 0.6 is 0 Å². The van der Waals surface area contributed by atoms with E-state index in [9.17, 15) is 0 Å². The predicted octanol–water partition coefficient (Wildman–Crippen LogP) is 5.88. The summed E-state index contributed by atoms with van der Waals surface area (Å²) in [6.07, 6.45) is 10.9. The summed E-state index contributed by atoms with van der Waals surface area (Å²) in [5.74, 6) is -0.675. The standard InChI is InChI=1S/C22H47NO3/c1-7-11-12-13-14-15-16-20(17-18-21(5,6)19-23)22(24-8-2,25-9-3)26-10-4/h20H,7-19,23H2,1-6H3. The molecule has 0 fully saturated rings. The molecule has 1 unspecified atom stereocenters. The van der Waals surface area contributed by atoms with Crippen LogP contribution in [0.1, 0.15) is 99.3 Å². The number of ether oxygens (including phenoxy) is 3. The van der Waals surface area contributed by atoms with Crippen LogP contribution in [0.25, 0.3) is 0 Å². The summed E-state index contributed by atoms with van der Waals surface area (Å²) in [6.45, 7) is 15.2. The average molecular weight is 374 g/mol. The van der Waals surface area contributed by atoms with Gasteiger partial charge in [0.1, 0.15) is 0 Å². The first-order chi connectivity index (χ1) is 12.4. The molecule has 0 heterocycles. The molecule has 0 spiro atoms. The molecule has 0 amide bonds. The molecule has 0 saturated heterocycles. The third-order valence-electron chi connectivity index (χ3n) is 5.16. The molecule has 0 rings (SSSR count). The number of nitrogens with two attached hydrogens (primary N) is 1. The van der Waals surface area contributed by atoms with Gasteiger partial charge in [0, 0.05) is 25.7 Å². The lowest BCUT2D eigenvalue weighted by molar-refractivity contribution is -0.403. The minimum absolute atomic E-state index is 0.135. The maximum atomic E-state index is 6.09. The summed E-state index contributed by atoms with van der Waals surface area (Å²) < 4.78 is 18.3. The quantitative estimate of drug-likeness (QED) is 0.241. The van der Waals surface area contributed by atoms with E-state index in [1.165, 1.54) is 38.5 Å². The second-order valence-corrected chi connectivity index (χ2v) is 8.06. The number of hydrogen-bond acceptors (Lipinski definition) is 4. The molecule has 0 aromatic rings. The highest BCUT2D eigenvalue weighted by molar-refractivity contribution is 4.77. The SMILES string of the molecule is CCCCCCCCC(CCC(C)(C)CN)C(OCC)(OCC)OCC. The number of hydrogen-bond donors (Lipinski definition) is 1. The van der Waals surface area contributed by atoms with E-state index in [4.69, 9.17) is 19.9 Å². The van der Waals surface area contributed by atoms with Crippen molar-refractivity contribution in [3.05, 3.63) is 0 Å². The third kappa shape index (κ3) is 10.2. The van der Waals surface area contributed by atoms with Crippen molar-refractivity contribution in [1.29, 1.82) is 0 Å². The van der Waals surface area contributed by atoms with Gasteiger partial charge in [-0.2, -0.15) is 0 Å². The third-order valence-corrected chi connectivity index (χ3v) is 5.16. The van der Waals surface area contributed by atoms with Crippen LogP contribution in [0.4, 0.5) is 0 Å². The van der Waals surface area contributed by atoms with Crippen LogP contribution in [-0.2, 0) is 14.2 Å². The summed E-state index contributed by atoms with van der Waals surface area (Å²) >= 11 is 0. The van der Waals surface area contributed by atoms with E-state index in [0.717, 1.165) is 19.3 Å². The van der Waals surface area contributed by atoms with Crippen LogP contribution in [0.5, 0.6) is 0 Å². The van der Waals surface area contributed by atoms with Crippen molar-refractivity contribution in [3.63, 3.8) is 0 Å². The summed E-state index contributed by atoms with van der Waals surface area (Å²) in [5, 5.41) is 0. The highest BCUT2D eigenvalue weighted by atomic mass is 16.9. The van der Waals surface area contributed by atoms with Crippen molar-refractivity contribution in [2.45, 2.75) is 105 Å². The second-order valence-electron chi connectivity index (χ2n) is 8.06. The van der Waals surface area contributed by atoms with Gasteiger partial charge in [-0.3, -0.25) is 0 Å². The fourth-order valence-electron chi connectivity index (χ4n) is 3.42. The van der Waals surface area contributed by atoms with E-state index >= 15 is 0 Å². The molecule has 0 aromatic carbocycles. The van der Waals surface area contributed by atoms with Gasteiger partial charge in [0.15, 0.2) is 0 Å².